The lowest BCUT2D eigenvalue weighted by Crippen LogP contribution is -2.40. The molecule has 1 aliphatic rings. The number of sulfone groups is 1. The molecule has 1 atom stereocenters. The van der Waals surface area contributed by atoms with Crippen LogP contribution in [0.5, 0.6) is 5.75 Å². The zero-order chi connectivity index (χ0) is 22.4. The first-order valence-corrected chi connectivity index (χ1v) is 12.6. The predicted molar refractivity (Wildman–Crippen MR) is 125 cm³/mol. The van der Waals surface area contributed by atoms with Gasteiger partial charge in [-0.3, -0.25) is 4.79 Å². The van der Waals surface area contributed by atoms with Gasteiger partial charge in [-0.15, -0.1) is 0 Å². The van der Waals surface area contributed by atoms with Gasteiger partial charge in [-0.2, -0.15) is 0 Å². The van der Waals surface area contributed by atoms with Gasteiger partial charge in [0.2, 0.25) is 0 Å². The standard InChI is InChI=1S/C24H32N2O4S/c1-4-5-15-30-23-12-8-20(9-13-23)24(27)26(22-14-16-31(28,29)18-22)17-19-6-10-21(11-7-19)25(2)3/h6-13,22H,4-5,14-18H2,1-3H3/t22-/m1/s1. The van der Waals surface area contributed by atoms with Crippen molar-refractivity contribution in [3.63, 3.8) is 0 Å². The minimum atomic E-state index is -3.11. The molecule has 6 nitrogen and oxygen atoms in total. The Bertz CT molecular complexity index is 970. The number of anilines is 1. The molecule has 1 fully saturated rings. The van der Waals surface area contributed by atoms with E-state index in [2.05, 4.69) is 6.92 Å². The van der Waals surface area contributed by atoms with E-state index in [1.165, 1.54) is 0 Å². The number of rotatable bonds is 9. The maximum Gasteiger partial charge on any atom is 0.254 e. The van der Waals surface area contributed by atoms with E-state index in [0.29, 0.717) is 25.1 Å². The molecule has 1 aliphatic heterocycles. The summed E-state index contributed by atoms with van der Waals surface area (Å²) in [4.78, 5) is 17.1. The lowest BCUT2D eigenvalue weighted by atomic mass is 10.1. The second kappa shape index (κ2) is 10.2. The van der Waals surface area contributed by atoms with Crippen molar-refractivity contribution in [3.05, 3.63) is 59.7 Å². The van der Waals surface area contributed by atoms with Crippen LogP contribution in [-0.2, 0) is 16.4 Å². The van der Waals surface area contributed by atoms with Crippen LogP contribution in [0.3, 0.4) is 0 Å². The Balaban J connectivity index is 1.79. The van der Waals surface area contributed by atoms with E-state index in [9.17, 15) is 13.2 Å². The molecule has 1 amide bonds. The van der Waals surface area contributed by atoms with Gasteiger partial charge in [0.05, 0.1) is 18.1 Å². The van der Waals surface area contributed by atoms with Crippen molar-refractivity contribution in [1.82, 2.24) is 4.90 Å². The van der Waals surface area contributed by atoms with Gasteiger partial charge in [0.25, 0.3) is 5.91 Å². The fraction of sp³-hybridized carbons (Fsp3) is 0.458. The van der Waals surface area contributed by atoms with E-state index in [-0.39, 0.29) is 23.5 Å². The molecule has 0 radical (unpaired) electrons. The third-order valence-corrected chi connectivity index (χ3v) is 7.33. The third-order valence-electron chi connectivity index (χ3n) is 5.58. The first-order valence-electron chi connectivity index (χ1n) is 10.8. The normalized spacial score (nSPS) is 17.3. The Morgan fingerprint density at radius 2 is 1.74 bits per heavy atom. The van der Waals surface area contributed by atoms with E-state index in [4.69, 9.17) is 4.74 Å². The molecule has 31 heavy (non-hydrogen) atoms. The summed E-state index contributed by atoms with van der Waals surface area (Å²) in [5.41, 5.74) is 2.59. The molecular formula is C24H32N2O4S. The molecule has 0 aromatic heterocycles. The molecule has 0 unspecified atom stereocenters. The highest BCUT2D eigenvalue weighted by Gasteiger charge is 2.35. The van der Waals surface area contributed by atoms with Crippen LogP contribution < -0.4 is 9.64 Å². The smallest absolute Gasteiger partial charge is 0.254 e. The van der Waals surface area contributed by atoms with Crippen molar-refractivity contribution in [2.75, 3.05) is 37.1 Å². The van der Waals surface area contributed by atoms with Gasteiger partial charge in [-0.25, -0.2) is 8.42 Å². The highest BCUT2D eigenvalue weighted by Crippen LogP contribution is 2.24. The van der Waals surface area contributed by atoms with E-state index >= 15 is 0 Å². The van der Waals surface area contributed by atoms with Crippen LogP contribution in [0.1, 0.15) is 42.1 Å². The van der Waals surface area contributed by atoms with E-state index in [0.717, 1.165) is 29.8 Å². The Morgan fingerprint density at radius 1 is 1.06 bits per heavy atom. The molecule has 0 aliphatic carbocycles. The highest BCUT2D eigenvalue weighted by molar-refractivity contribution is 7.91. The Morgan fingerprint density at radius 3 is 2.29 bits per heavy atom. The minimum Gasteiger partial charge on any atom is -0.494 e. The second-order valence-electron chi connectivity index (χ2n) is 8.28. The Hall–Kier alpha value is -2.54. The number of amides is 1. The van der Waals surface area contributed by atoms with Crippen LogP contribution in [0.4, 0.5) is 5.69 Å². The van der Waals surface area contributed by atoms with Crippen molar-refractivity contribution in [2.45, 2.75) is 38.8 Å². The van der Waals surface area contributed by atoms with E-state index in [1.54, 1.807) is 29.2 Å². The molecule has 1 saturated heterocycles. The fourth-order valence-electron chi connectivity index (χ4n) is 3.68. The van der Waals surface area contributed by atoms with E-state index in [1.807, 2.05) is 43.3 Å². The van der Waals surface area contributed by atoms with Gasteiger partial charge >= 0.3 is 0 Å². The predicted octanol–water partition coefficient (Wildman–Crippen LogP) is 3.76. The summed E-state index contributed by atoms with van der Waals surface area (Å²) in [5.74, 6) is 0.732. The lowest BCUT2D eigenvalue weighted by Gasteiger charge is -2.29. The summed E-state index contributed by atoms with van der Waals surface area (Å²) >= 11 is 0. The average molecular weight is 445 g/mol. The quantitative estimate of drug-likeness (QED) is 0.551. The van der Waals surface area contributed by atoms with Gasteiger partial charge in [0.15, 0.2) is 9.84 Å². The number of hydrogen-bond donors (Lipinski definition) is 0. The number of carbonyl (C=O) groups is 1. The van der Waals surface area contributed by atoms with Gasteiger partial charge in [0, 0.05) is 37.9 Å². The number of unbranched alkanes of at least 4 members (excludes halogenated alkanes) is 1. The maximum absolute atomic E-state index is 13.4. The van der Waals surface area contributed by atoms with Crippen molar-refractivity contribution in [2.24, 2.45) is 0 Å². The lowest BCUT2D eigenvalue weighted by molar-refractivity contribution is 0.0681. The number of nitrogens with zero attached hydrogens (tertiary/aromatic N) is 2. The summed E-state index contributed by atoms with van der Waals surface area (Å²) in [5, 5.41) is 0. The summed E-state index contributed by atoms with van der Waals surface area (Å²) in [6.45, 7) is 3.14. The molecule has 0 N–H and O–H groups in total. The van der Waals surface area contributed by atoms with Crippen molar-refractivity contribution < 1.29 is 17.9 Å². The molecule has 1 heterocycles. The largest absolute Gasteiger partial charge is 0.494 e. The zero-order valence-electron chi connectivity index (χ0n) is 18.6. The monoisotopic (exact) mass is 444 g/mol. The number of benzene rings is 2. The molecule has 0 bridgehead atoms. The van der Waals surface area contributed by atoms with Gasteiger partial charge < -0.3 is 14.5 Å². The van der Waals surface area contributed by atoms with Crippen LogP contribution >= 0.6 is 0 Å². The topological polar surface area (TPSA) is 66.9 Å². The highest BCUT2D eigenvalue weighted by atomic mass is 32.2. The number of carbonyl (C=O) groups excluding carboxylic acids is 1. The van der Waals surface area contributed by atoms with Gasteiger partial charge in [0.1, 0.15) is 5.75 Å². The molecule has 0 saturated carbocycles. The van der Waals surface area contributed by atoms with E-state index < -0.39 is 9.84 Å². The molecule has 3 rings (SSSR count). The minimum absolute atomic E-state index is 0.0206. The number of ether oxygens (including phenoxy) is 1. The van der Waals surface area contributed by atoms with Gasteiger partial charge in [-0.05, 0) is 54.8 Å². The molecule has 168 valence electrons. The van der Waals surface area contributed by atoms with Crippen LogP contribution in [0.25, 0.3) is 0 Å². The molecule has 0 spiro atoms. The molecule has 2 aromatic carbocycles. The van der Waals surface area contributed by atoms with Crippen LogP contribution in [0.15, 0.2) is 48.5 Å². The Kier molecular flexibility index (Phi) is 7.59. The third kappa shape index (κ3) is 6.23. The first-order chi connectivity index (χ1) is 14.8. The fourth-order valence-corrected chi connectivity index (χ4v) is 5.41. The summed E-state index contributed by atoms with van der Waals surface area (Å²) in [6, 6.07) is 14.8. The summed E-state index contributed by atoms with van der Waals surface area (Å²) in [6.07, 6.45) is 2.52. The molecule has 2 aromatic rings. The zero-order valence-corrected chi connectivity index (χ0v) is 19.4. The number of hydrogen-bond acceptors (Lipinski definition) is 5. The van der Waals surface area contributed by atoms with Crippen molar-refractivity contribution >= 4 is 21.4 Å². The summed E-state index contributed by atoms with van der Waals surface area (Å²) in [7, 11) is 0.846. The average Bonchev–Trinajstić information content (AvgIpc) is 3.12. The molecule has 7 heteroatoms. The van der Waals surface area contributed by atoms with Crippen LogP contribution in [-0.4, -0.2) is 57.5 Å². The van der Waals surface area contributed by atoms with Gasteiger partial charge in [-0.1, -0.05) is 25.5 Å². The first kappa shape index (κ1) is 23.1. The van der Waals surface area contributed by atoms with Crippen LogP contribution in [0, 0.1) is 0 Å². The Labute approximate surface area is 185 Å². The van der Waals surface area contributed by atoms with Crippen LogP contribution in [0.2, 0.25) is 0 Å². The maximum atomic E-state index is 13.4. The summed E-state index contributed by atoms with van der Waals surface area (Å²) < 4.78 is 29.9. The second-order valence-corrected chi connectivity index (χ2v) is 10.5. The van der Waals surface area contributed by atoms with Crippen molar-refractivity contribution in [3.8, 4) is 5.75 Å². The van der Waals surface area contributed by atoms with Crippen molar-refractivity contribution in [1.29, 1.82) is 0 Å². The SMILES string of the molecule is CCCCOc1ccc(C(=O)N(Cc2ccc(N(C)C)cc2)[C@@H]2CCS(=O)(=O)C2)cc1. The molecular weight excluding hydrogens is 412 g/mol.